The molecule has 0 amide bonds. The van der Waals surface area contributed by atoms with Gasteiger partial charge < -0.3 is 24.8 Å². The summed E-state index contributed by atoms with van der Waals surface area (Å²) in [6, 6.07) is 15.8. The summed E-state index contributed by atoms with van der Waals surface area (Å²) in [4.78, 5) is 25.8. The molecule has 0 radical (unpaired) electrons. The number of hydrogen-bond acceptors (Lipinski definition) is 8. The number of rotatable bonds is 7. The van der Waals surface area contributed by atoms with Gasteiger partial charge in [0.15, 0.2) is 11.5 Å². The van der Waals surface area contributed by atoms with Crippen LogP contribution in [0.4, 0.5) is 17.6 Å². The minimum Gasteiger partial charge on any atom is -0.492 e. The second-order valence-electron chi connectivity index (χ2n) is 7.22. The van der Waals surface area contributed by atoms with Crippen molar-refractivity contribution in [2.45, 2.75) is 0 Å². The fourth-order valence-electron chi connectivity index (χ4n) is 3.62. The number of anilines is 3. The maximum Gasteiger partial charge on any atom is 0.229 e. The van der Waals surface area contributed by atoms with Crippen molar-refractivity contribution in [3.63, 3.8) is 0 Å². The summed E-state index contributed by atoms with van der Waals surface area (Å²) in [5.41, 5.74) is 1.46. The van der Waals surface area contributed by atoms with Crippen molar-refractivity contribution in [3.8, 4) is 5.75 Å². The fourth-order valence-corrected chi connectivity index (χ4v) is 3.62. The summed E-state index contributed by atoms with van der Waals surface area (Å²) in [7, 11) is 0. The zero-order chi connectivity index (χ0) is 20.9. The number of fused-ring (bicyclic) bond motifs is 1. The molecule has 0 aliphatic carbocycles. The van der Waals surface area contributed by atoms with E-state index >= 15 is 0 Å². The molecule has 31 heavy (non-hydrogen) atoms. The molecule has 5 rings (SSSR count). The molecular weight excluding hydrogens is 392 g/mol. The Bertz CT molecular complexity index is 1110. The number of H-pyrrole nitrogens is 1. The van der Waals surface area contributed by atoms with E-state index in [1.54, 1.807) is 6.33 Å². The molecule has 158 valence electrons. The highest BCUT2D eigenvalue weighted by atomic mass is 16.5. The van der Waals surface area contributed by atoms with Crippen LogP contribution in [0.25, 0.3) is 11.2 Å². The normalized spacial score (nSPS) is 14.1. The molecule has 1 aliphatic heterocycles. The Morgan fingerprint density at radius 3 is 2.52 bits per heavy atom. The third kappa shape index (κ3) is 4.35. The highest BCUT2D eigenvalue weighted by Gasteiger charge is 2.21. The van der Waals surface area contributed by atoms with Crippen molar-refractivity contribution < 1.29 is 4.74 Å². The average molecular weight is 416 g/mol. The van der Waals surface area contributed by atoms with Gasteiger partial charge in [0.05, 0.1) is 12.9 Å². The molecule has 1 fully saturated rings. The lowest BCUT2D eigenvalue weighted by Crippen LogP contribution is -2.47. The molecule has 1 aromatic carbocycles. The number of imidazole rings is 1. The Morgan fingerprint density at radius 2 is 1.71 bits per heavy atom. The highest BCUT2D eigenvalue weighted by Crippen LogP contribution is 2.22. The summed E-state index contributed by atoms with van der Waals surface area (Å²) in [6.07, 6.45) is 3.48. The number of aromatic nitrogens is 5. The number of ether oxygens (including phenoxy) is 1. The average Bonchev–Trinajstić information content (AvgIpc) is 3.32. The first kappa shape index (κ1) is 19.1. The first-order valence-electron chi connectivity index (χ1n) is 10.4. The first-order chi connectivity index (χ1) is 15.4. The van der Waals surface area contributed by atoms with Crippen molar-refractivity contribution in [1.29, 1.82) is 0 Å². The van der Waals surface area contributed by atoms with Gasteiger partial charge in [0, 0.05) is 32.4 Å². The van der Waals surface area contributed by atoms with Crippen LogP contribution in [-0.4, -0.2) is 64.3 Å². The van der Waals surface area contributed by atoms with Crippen molar-refractivity contribution in [2.24, 2.45) is 0 Å². The summed E-state index contributed by atoms with van der Waals surface area (Å²) in [5.74, 6) is 3.28. The number of hydrogen-bond donors (Lipinski definition) is 2. The standard InChI is InChI=1S/C22H24N8O/c1-2-6-17(7-3-1)31-15-10-24-20-19-21(26-16-25-19)28-22(27-20)30-13-11-29(12-14-30)18-8-4-5-9-23-18/h1-9,16H,10-15H2,(H2,24,25,26,27,28). The zero-order valence-electron chi connectivity index (χ0n) is 17.1. The van der Waals surface area contributed by atoms with Crippen LogP contribution in [0.5, 0.6) is 5.75 Å². The van der Waals surface area contributed by atoms with Gasteiger partial charge in [-0.1, -0.05) is 24.3 Å². The Labute approximate surface area is 180 Å². The van der Waals surface area contributed by atoms with E-state index in [1.165, 1.54) is 0 Å². The van der Waals surface area contributed by atoms with Crippen molar-refractivity contribution in [1.82, 2.24) is 24.9 Å². The van der Waals surface area contributed by atoms with E-state index < -0.39 is 0 Å². The number of nitrogens with one attached hydrogen (secondary N) is 2. The maximum atomic E-state index is 5.77. The quantitative estimate of drug-likeness (QED) is 0.444. The summed E-state index contributed by atoms with van der Waals surface area (Å²) < 4.78 is 5.77. The van der Waals surface area contributed by atoms with Gasteiger partial charge in [-0.2, -0.15) is 9.97 Å². The molecule has 4 aromatic rings. The number of pyridine rings is 1. The van der Waals surface area contributed by atoms with Crippen LogP contribution in [-0.2, 0) is 0 Å². The molecule has 0 saturated carbocycles. The third-order valence-corrected chi connectivity index (χ3v) is 5.22. The Hall–Kier alpha value is -3.88. The summed E-state index contributed by atoms with van der Waals surface area (Å²) in [6.45, 7) is 4.53. The minimum absolute atomic E-state index is 0.529. The largest absolute Gasteiger partial charge is 0.492 e. The van der Waals surface area contributed by atoms with Gasteiger partial charge >= 0.3 is 0 Å². The summed E-state index contributed by atoms with van der Waals surface area (Å²) >= 11 is 0. The molecule has 0 atom stereocenters. The second-order valence-corrected chi connectivity index (χ2v) is 7.22. The Balaban J connectivity index is 1.25. The molecule has 9 nitrogen and oxygen atoms in total. The molecule has 2 N–H and O–H groups in total. The molecule has 0 unspecified atom stereocenters. The SMILES string of the molecule is c1ccc(OCCNc2nc(N3CCN(c4ccccn4)CC3)nc3nc[nH]c23)cc1. The molecule has 3 aromatic heterocycles. The number of aromatic amines is 1. The van der Waals surface area contributed by atoms with Gasteiger partial charge in [-0.15, -0.1) is 0 Å². The molecule has 1 aliphatic rings. The fraction of sp³-hybridized carbons (Fsp3) is 0.273. The lowest BCUT2D eigenvalue weighted by molar-refractivity contribution is 0.333. The van der Waals surface area contributed by atoms with E-state index in [0.29, 0.717) is 24.7 Å². The van der Waals surface area contributed by atoms with Gasteiger partial charge in [-0.3, -0.25) is 0 Å². The van der Waals surface area contributed by atoms with Crippen molar-refractivity contribution in [3.05, 3.63) is 61.1 Å². The molecule has 9 heteroatoms. The van der Waals surface area contributed by atoms with Gasteiger partial charge in [0.2, 0.25) is 5.95 Å². The maximum absolute atomic E-state index is 5.77. The predicted molar refractivity (Wildman–Crippen MR) is 121 cm³/mol. The van der Waals surface area contributed by atoms with Crippen LogP contribution >= 0.6 is 0 Å². The number of benzene rings is 1. The van der Waals surface area contributed by atoms with E-state index in [-0.39, 0.29) is 0 Å². The van der Waals surface area contributed by atoms with Gasteiger partial charge in [0.25, 0.3) is 0 Å². The minimum atomic E-state index is 0.529. The van der Waals surface area contributed by atoms with Crippen LogP contribution in [0.1, 0.15) is 0 Å². The molecule has 4 heterocycles. The number of nitrogens with zero attached hydrogens (tertiary/aromatic N) is 6. The van der Waals surface area contributed by atoms with Crippen LogP contribution < -0.4 is 19.9 Å². The van der Waals surface area contributed by atoms with Crippen molar-refractivity contribution >= 4 is 28.7 Å². The van der Waals surface area contributed by atoms with Gasteiger partial charge in [-0.05, 0) is 24.3 Å². The zero-order valence-corrected chi connectivity index (χ0v) is 17.1. The lowest BCUT2D eigenvalue weighted by atomic mass is 10.3. The van der Waals surface area contributed by atoms with E-state index in [0.717, 1.165) is 49.1 Å². The van der Waals surface area contributed by atoms with E-state index in [1.807, 2.05) is 54.7 Å². The van der Waals surface area contributed by atoms with Gasteiger partial charge in [-0.25, -0.2) is 9.97 Å². The van der Waals surface area contributed by atoms with E-state index in [9.17, 15) is 0 Å². The molecule has 0 spiro atoms. The van der Waals surface area contributed by atoms with Crippen LogP contribution in [0, 0.1) is 0 Å². The van der Waals surface area contributed by atoms with E-state index in [2.05, 4.69) is 35.1 Å². The van der Waals surface area contributed by atoms with Crippen LogP contribution in [0.3, 0.4) is 0 Å². The van der Waals surface area contributed by atoms with Crippen LogP contribution in [0.2, 0.25) is 0 Å². The predicted octanol–water partition coefficient (Wildman–Crippen LogP) is 2.57. The third-order valence-electron chi connectivity index (χ3n) is 5.22. The monoisotopic (exact) mass is 416 g/mol. The first-order valence-corrected chi connectivity index (χ1v) is 10.4. The van der Waals surface area contributed by atoms with Gasteiger partial charge in [0.1, 0.15) is 23.7 Å². The molecule has 1 saturated heterocycles. The van der Waals surface area contributed by atoms with Crippen LogP contribution in [0.15, 0.2) is 61.1 Å². The smallest absolute Gasteiger partial charge is 0.229 e. The molecular formula is C22H24N8O. The second kappa shape index (κ2) is 8.86. The van der Waals surface area contributed by atoms with Crippen molar-refractivity contribution in [2.75, 3.05) is 54.4 Å². The topological polar surface area (TPSA) is 95.1 Å². The summed E-state index contributed by atoms with van der Waals surface area (Å²) in [5, 5.41) is 3.36. The highest BCUT2D eigenvalue weighted by molar-refractivity contribution is 5.83. The van der Waals surface area contributed by atoms with E-state index in [4.69, 9.17) is 9.72 Å². The lowest BCUT2D eigenvalue weighted by Gasteiger charge is -2.35. The molecule has 0 bridgehead atoms. The number of piperazine rings is 1. The Kier molecular flexibility index (Phi) is 5.46. The Morgan fingerprint density at radius 1 is 0.903 bits per heavy atom. The number of para-hydroxylation sites is 1.